The molecule has 0 saturated heterocycles. The molecule has 1 aromatic carbocycles. The molecule has 7 heteroatoms. The van der Waals surface area contributed by atoms with Crippen LogP contribution < -0.4 is 10.6 Å². The first-order chi connectivity index (χ1) is 12.6. The Labute approximate surface area is 162 Å². The van der Waals surface area contributed by atoms with E-state index in [4.69, 9.17) is 16.3 Å². The molecule has 1 heterocycles. The third kappa shape index (κ3) is 6.78. The Hall–Kier alpha value is -1.89. The maximum absolute atomic E-state index is 12.6. The highest BCUT2D eigenvalue weighted by atomic mass is 35.5. The SMILES string of the molecule is CCOCCCNC(=O)[C@H](NC(=O)Cc1cccs1)c1ccc(Cl)cc1. The molecule has 1 aromatic heterocycles. The summed E-state index contributed by atoms with van der Waals surface area (Å²) in [6.07, 6.45) is 0.968. The van der Waals surface area contributed by atoms with Gasteiger partial charge in [0.15, 0.2) is 0 Å². The van der Waals surface area contributed by atoms with Crippen LogP contribution in [0.5, 0.6) is 0 Å². The highest BCUT2D eigenvalue weighted by Crippen LogP contribution is 2.18. The Balaban J connectivity index is 1.99. The van der Waals surface area contributed by atoms with E-state index in [2.05, 4.69) is 10.6 Å². The van der Waals surface area contributed by atoms with Crippen molar-refractivity contribution in [2.75, 3.05) is 19.8 Å². The number of amides is 2. The van der Waals surface area contributed by atoms with Gasteiger partial charge in [0.2, 0.25) is 11.8 Å². The first-order valence-corrected chi connectivity index (χ1v) is 9.78. The zero-order valence-corrected chi connectivity index (χ0v) is 16.2. The van der Waals surface area contributed by atoms with E-state index in [1.807, 2.05) is 24.4 Å². The number of thiophene rings is 1. The number of halogens is 1. The lowest BCUT2D eigenvalue weighted by Crippen LogP contribution is -2.41. The summed E-state index contributed by atoms with van der Waals surface area (Å²) in [5.41, 5.74) is 0.691. The summed E-state index contributed by atoms with van der Waals surface area (Å²) < 4.78 is 5.26. The van der Waals surface area contributed by atoms with Crippen LogP contribution in [0.25, 0.3) is 0 Å². The third-order valence-corrected chi connectivity index (χ3v) is 4.78. The van der Waals surface area contributed by atoms with Gasteiger partial charge in [-0.15, -0.1) is 11.3 Å². The van der Waals surface area contributed by atoms with E-state index < -0.39 is 6.04 Å². The molecule has 0 saturated carbocycles. The van der Waals surface area contributed by atoms with Crippen molar-refractivity contribution in [3.05, 3.63) is 57.2 Å². The normalized spacial score (nSPS) is 11.8. The van der Waals surface area contributed by atoms with Gasteiger partial charge in [-0.2, -0.15) is 0 Å². The molecule has 26 heavy (non-hydrogen) atoms. The van der Waals surface area contributed by atoms with Gasteiger partial charge in [0.1, 0.15) is 6.04 Å². The van der Waals surface area contributed by atoms with Gasteiger partial charge in [-0.25, -0.2) is 0 Å². The average Bonchev–Trinajstić information content (AvgIpc) is 3.13. The quantitative estimate of drug-likeness (QED) is 0.607. The molecule has 0 radical (unpaired) electrons. The van der Waals surface area contributed by atoms with E-state index in [1.165, 1.54) is 11.3 Å². The molecule has 2 aromatic rings. The largest absolute Gasteiger partial charge is 0.382 e. The van der Waals surface area contributed by atoms with Crippen LogP contribution in [-0.4, -0.2) is 31.6 Å². The van der Waals surface area contributed by atoms with Gasteiger partial charge in [0, 0.05) is 29.7 Å². The molecule has 0 spiro atoms. The number of hydrogen-bond donors (Lipinski definition) is 2. The van der Waals surface area contributed by atoms with E-state index in [-0.39, 0.29) is 18.2 Å². The van der Waals surface area contributed by atoms with Crippen LogP contribution in [0, 0.1) is 0 Å². The van der Waals surface area contributed by atoms with Crippen molar-refractivity contribution in [3.63, 3.8) is 0 Å². The second-order valence-corrected chi connectivity index (χ2v) is 7.12. The van der Waals surface area contributed by atoms with E-state index in [1.54, 1.807) is 24.3 Å². The molecule has 0 fully saturated rings. The summed E-state index contributed by atoms with van der Waals surface area (Å²) >= 11 is 7.44. The monoisotopic (exact) mass is 394 g/mol. The number of carbonyl (C=O) groups is 2. The Morgan fingerprint density at radius 1 is 1.23 bits per heavy atom. The maximum atomic E-state index is 12.6. The van der Waals surface area contributed by atoms with Crippen LogP contribution in [0.4, 0.5) is 0 Å². The minimum absolute atomic E-state index is 0.197. The topological polar surface area (TPSA) is 67.4 Å². The Morgan fingerprint density at radius 3 is 2.65 bits per heavy atom. The molecule has 0 bridgehead atoms. The fourth-order valence-corrected chi connectivity index (χ4v) is 3.20. The van der Waals surface area contributed by atoms with Crippen molar-refractivity contribution in [3.8, 4) is 0 Å². The van der Waals surface area contributed by atoms with Crippen LogP contribution in [0.15, 0.2) is 41.8 Å². The summed E-state index contributed by atoms with van der Waals surface area (Å²) in [6.45, 7) is 3.66. The highest BCUT2D eigenvalue weighted by Gasteiger charge is 2.22. The summed E-state index contributed by atoms with van der Waals surface area (Å²) in [4.78, 5) is 25.9. The number of hydrogen-bond acceptors (Lipinski definition) is 4. The molecule has 0 aliphatic heterocycles. The molecule has 0 unspecified atom stereocenters. The van der Waals surface area contributed by atoms with Crippen molar-refractivity contribution >= 4 is 34.8 Å². The minimum atomic E-state index is -0.758. The van der Waals surface area contributed by atoms with E-state index in [0.717, 1.165) is 11.3 Å². The van der Waals surface area contributed by atoms with Crippen molar-refractivity contribution in [2.45, 2.75) is 25.8 Å². The highest BCUT2D eigenvalue weighted by molar-refractivity contribution is 7.10. The van der Waals surface area contributed by atoms with E-state index >= 15 is 0 Å². The van der Waals surface area contributed by atoms with Gasteiger partial charge in [-0.05, 0) is 42.5 Å². The molecule has 5 nitrogen and oxygen atoms in total. The summed E-state index contributed by atoms with van der Waals surface area (Å²) in [6, 6.07) is 9.95. The second-order valence-electron chi connectivity index (χ2n) is 5.65. The zero-order chi connectivity index (χ0) is 18.8. The molecule has 2 amide bonds. The number of carbonyl (C=O) groups excluding carboxylic acids is 2. The molecule has 0 aliphatic carbocycles. The summed E-state index contributed by atoms with van der Waals surface area (Å²) in [5, 5.41) is 8.18. The first kappa shape index (κ1) is 20.4. The molecule has 1 atom stereocenters. The number of benzene rings is 1. The average molecular weight is 395 g/mol. The fraction of sp³-hybridized carbons (Fsp3) is 0.368. The number of nitrogens with one attached hydrogen (secondary N) is 2. The first-order valence-electron chi connectivity index (χ1n) is 8.52. The summed E-state index contributed by atoms with van der Waals surface area (Å²) in [7, 11) is 0. The van der Waals surface area contributed by atoms with Gasteiger partial charge < -0.3 is 15.4 Å². The van der Waals surface area contributed by atoms with Gasteiger partial charge in [0.25, 0.3) is 0 Å². The van der Waals surface area contributed by atoms with Gasteiger partial charge in [-0.1, -0.05) is 29.8 Å². The summed E-state index contributed by atoms with van der Waals surface area (Å²) in [5.74, 6) is -0.444. The maximum Gasteiger partial charge on any atom is 0.247 e. The van der Waals surface area contributed by atoms with Gasteiger partial charge in [-0.3, -0.25) is 9.59 Å². The zero-order valence-electron chi connectivity index (χ0n) is 14.7. The van der Waals surface area contributed by atoms with Crippen LogP contribution in [-0.2, 0) is 20.7 Å². The van der Waals surface area contributed by atoms with Crippen molar-refractivity contribution < 1.29 is 14.3 Å². The van der Waals surface area contributed by atoms with Gasteiger partial charge >= 0.3 is 0 Å². The Bertz CT molecular complexity index is 689. The van der Waals surface area contributed by atoms with Crippen molar-refractivity contribution in [1.29, 1.82) is 0 Å². The Morgan fingerprint density at radius 2 is 2.00 bits per heavy atom. The van der Waals surface area contributed by atoms with Crippen LogP contribution >= 0.6 is 22.9 Å². The van der Waals surface area contributed by atoms with Crippen molar-refractivity contribution in [2.24, 2.45) is 0 Å². The van der Waals surface area contributed by atoms with E-state index in [9.17, 15) is 9.59 Å². The number of rotatable bonds is 10. The molecular formula is C19H23ClN2O3S. The lowest BCUT2D eigenvalue weighted by molar-refractivity contribution is -0.128. The standard InChI is InChI=1S/C19H23ClN2O3S/c1-2-25-11-4-10-21-19(24)18(14-6-8-15(20)9-7-14)22-17(23)13-16-5-3-12-26-16/h3,5-9,12,18H,2,4,10-11,13H2,1H3,(H,21,24)(H,22,23)/t18-/m1/s1. The van der Waals surface area contributed by atoms with Crippen LogP contribution in [0.3, 0.4) is 0 Å². The number of ether oxygens (including phenoxy) is 1. The lowest BCUT2D eigenvalue weighted by atomic mass is 10.1. The second kappa shape index (κ2) is 11.0. The predicted molar refractivity (Wildman–Crippen MR) is 104 cm³/mol. The van der Waals surface area contributed by atoms with Crippen molar-refractivity contribution in [1.82, 2.24) is 10.6 Å². The van der Waals surface area contributed by atoms with Crippen LogP contribution in [0.1, 0.15) is 29.8 Å². The fourth-order valence-electron chi connectivity index (χ4n) is 2.37. The smallest absolute Gasteiger partial charge is 0.247 e. The van der Waals surface area contributed by atoms with Gasteiger partial charge in [0.05, 0.1) is 6.42 Å². The third-order valence-electron chi connectivity index (χ3n) is 3.65. The lowest BCUT2D eigenvalue weighted by Gasteiger charge is -2.19. The molecule has 0 aliphatic rings. The molecule has 2 N–H and O–H groups in total. The molecule has 2 rings (SSSR count). The van der Waals surface area contributed by atoms with E-state index in [0.29, 0.717) is 30.3 Å². The Kier molecular flexibility index (Phi) is 8.61. The van der Waals surface area contributed by atoms with Crippen LogP contribution in [0.2, 0.25) is 5.02 Å². The minimum Gasteiger partial charge on any atom is -0.382 e. The predicted octanol–water partition coefficient (Wildman–Crippen LogP) is 3.34. The molecular weight excluding hydrogens is 372 g/mol. The molecule has 140 valence electrons.